The Kier molecular flexibility index (Phi) is 5.80. The Morgan fingerprint density at radius 2 is 2.00 bits per heavy atom. The maximum absolute atomic E-state index is 12.1. The second-order valence-electron chi connectivity index (χ2n) is 4.75. The molecule has 7 nitrogen and oxygen atoms in total. The maximum atomic E-state index is 12.1. The Morgan fingerprint density at radius 1 is 1.30 bits per heavy atom. The number of carbonyl (C=O) groups is 1. The molecule has 1 aromatic carbocycles. The summed E-state index contributed by atoms with van der Waals surface area (Å²) in [5, 5.41) is 11.3. The fraction of sp³-hybridized carbons (Fsp3) is 0.357. The third-order valence-corrected chi connectivity index (χ3v) is 5.82. The van der Waals surface area contributed by atoms with Gasteiger partial charge in [-0.3, -0.25) is 4.79 Å². The topological polar surface area (TPSA) is 98.2 Å². The van der Waals surface area contributed by atoms with E-state index in [1.165, 1.54) is 23.5 Å². The molecular formula is C14H17N3O4S2. The van der Waals surface area contributed by atoms with Gasteiger partial charge < -0.3 is 10.1 Å². The van der Waals surface area contributed by atoms with Gasteiger partial charge in [-0.1, -0.05) is 29.5 Å². The molecule has 0 aliphatic rings. The van der Waals surface area contributed by atoms with E-state index >= 15 is 0 Å². The van der Waals surface area contributed by atoms with Gasteiger partial charge in [0.1, 0.15) is 11.1 Å². The van der Waals surface area contributed by atoms with E-state index in [1.54, 1.807) is 25.3 Å². The number of amides is 1. The zero-order valence-corrected chi connectivity index (χ0v) is 14.4. The van der Waals surface area contributed by atoms with Crippen LogP contribution in [0.15, 0.2) is 35.2 Å². The van der Waals surface area contributed by atoms with Crippen molar-refractivity contribution in [2.24, 2.45) is 0 Å². The summed E-state index contributed by atoms with van der Waals surface area (Å²) < 4.78 is 29.3. The zero-order valence-electron chi connectivity index (χ0n) is 12.7. The van der Waals surface area contributed by atoms with E-state index in [1.807, 2.05) is 6.92 Å². The first-order chi connectivity index (χ1) is 10.9. The van der Waals surface area contributed by atoms with E-state index in [-0.39, 0.29) is 23.2 Å². The number of aromatic nitrogens is 2. The van der Waals surface area contributed by atoms with E-state index in [4.69, 9.17) is 4.74 Å². The Morgan fingerprint density at radius 3 is 2.65 bits per heavy atom. The molecule has 23 heavy (non-hydrogen) atoms. The lowest BCUT2D eigenvalue weighted by molar-refractivity contribution is -0.115. The van der Waals surface area contributed by atoms with Gasteiger partial charge in [0.05, 0.1) is 10.6 Å². The third-order valence-electron chi connectivity index (χ3n) is 3.09. The van der Waals surface area contributed by atoms with Crippen LogP contribution in [-0.2, 0) is 19.4 Å². The third kappa shape index (κ3) is 4.81. The summed E-state index contributed by atoms with van der Waals surface area (Å²) in [6.07, 6.45) is -0.358. The first-order valence-corrected chi connectivity index (χ1v) is 9.33. The van der Waals surface area contributed by atoms with Crippen LogP contribution < -0.4 is 5.32 Å². The number of hydrogen-bond acceptors (Lipinski definition) is 7. The van der Waals surface area contributed by atoms with Crippen LogP contribution in [0.3, 0.4) is 0 Å². The van der Waals surface area contributed by atoms with Crippen molar-refractivity contribution < 1.29 is 17.9 Å². The van der Waals surface area contributed by atoms with Crippen LogP contribution in [-0.4, -0.2) is 37.4 Å². The highest BCUT2D eigenvalue weighted by molar-refractivity contribution is 7.91. The molecule has 1 atom stereocenters. The molecule has 0 aliphatic carbocycles. The molecule has 1 heterocycles. The lowest BCUT2D eigenvalue weighted by Gasteiger charge is -2.04. The van der Waals surface area contributed by atoms with Gasteiger partial charge in [0.15, 0.2) is 9.84 Å². The van der Waals surface area contributed by atoms with Gasteiger partial charge in [-0.05, 0) is 19.1 Å². The van der Waals surface area contributed by atoms with Crippen LogP contribution in [0.1, 0.15) is 24.5 Å². The smallest absolute Gasteiger partial charge is 0.227 e. The Balaban J connectivity index is 1.92. The first-order valence-electron chi connectivity index (χ1n) is 6.86. The van der Waals surface area contributed by atoms with Crippen LogP contribution in [0.4, 0.5) is 5.13 Å². The van der Waals surface area contributed by atoms with E-state index in [0.717, 1.165) is 0 Å². The number of sulfone groups is 1. The predicted molar refractivity (Wildman–Crippen MR) is 87.1 cm³/mol. The Labute approximate surface area is 138 Å². The maximum Gasteiger partial charge on any atom is 0.227 e. The van der Waals surface area contributed by atoms with Crippen LogP contribution in [0, 0.1) is 0 Å². The second-order valence-corrected chi connectivity index (χ2v) is 7.87. The minimum atomic E-state index is -3.47. The van der Waals surface area contributed by atoms with Crippen LogP contribution >= 0.6 is 11.3 Å². The molecule has 1 amide bonds. The highest BCUT2D eigenvalue weighted by Crippen LogP contribution is 2.23. The zero-order chi connectivity index (χ0) is 16.9. The first kappa shape index (κ1) is 17.5. The van der Waals surface area contributed by atoms with Crippen molar-refractivity contribution in [2.75, 3.05) is 18.2 Å². The standard InChI is InChI=1S/C14H17N3O4S2/c1-10(21-2)13-16-17-14(22-13)15-12(18)8-9-23(19,20)11-6-4-3-5-7-11/h3-7,10H,8-9H2,1-2H3,(H,15,17,18). The van der Waals surface area contributed by atoms with E-state index in [9.17, 15) is 13.2 Å². The molecule has 1 aromatic heterocycles. The van der Waals surface area contributed by atoms with Gasteiger partial charge in [0.25, 0.3) is 0 Å². The molecule has 0 spiro atoms. The van der Waals surface area contributed by atoms with Gasteiger partial charge >= 0.3 is 0 Å². The average molecular weight is 355 g/mol. The molecule has 0 aliphatic heterocycles. The second kappa shape index (κ2) is 7.62. The van der Waals surface area contributed by atoms with Crippen molar-refractivity contribution in [2.45, 2.75) is 24.3 Å². The summed E-state index contributed by atoms with van der Waals surface area (Å²) >= 11 is 1.20. The quantitative estimate of drug-likeness (QED) is 0.816. The molecule has 1 unspecified atom stereocenters. The van der Waals surface area contributed by atoms with Crippen molar-refractivity contribution in [3.05, 3.63) is 35.3 Å². The average Bonchev–Trinajstić information content (AvgIpc) is 3.01. The number of hydrogen-bond donors (Lipinski definition) is 1. The lowest BCUT2D eigenvalue weighted by atomic mass is 10.4. The van der Waals surface area contributed by atoms with Crippen molar-refractivity contribution in [1.29, 1.82) is 0 Å². The summed E-state index contributed by atoms with van der Waals surface area (Å²) in [6, 6.07) is 8.05. The minimum Gasteiger partial charge on any atom is -0.374 e. The molecule has 2 rings (SSSR count). The fourth-order valence-electron chi connectivity index (χ4n) is 1.70. The number of carbonyl (C=O) groups excluding carboxylic acids is 1. The number of nitrogens with zero attached hydrogens (tertiary/aromatic N) is 2. The number of methoxy groups -OCH3 is 1. The molecule has 0 bridgehead atoms. The fourth-order valence-corrected chi connectivity index (χ4v) is 3.75. The Hall–Kier alpha value is -1.84. The molecular weight excluding hydrogens is 338 g/mol. The van der Waals surface area contributed by atoms with Crippen molar-refractivity contribution in [3.63, 3.8) is 0 Å². The summed E-state index contributed by atoms with van der Waals surface area (Å²) in [5.41, 5.74) is 0. The van der Waals surface area contributed by atoms with Gasteiger partial charge in [0, 0.05) is 13.5 Å². The summed E-state index contributed by atoms with van der Waals surface area (Å²) in [5.74, 6) is -0.680. The van der Waals surface area contributed by atoms with Gasteiger partial charge in [-0.15, -0.1) is 10.2 Å². The molecule has 0 saturated carbocycles. The monoisotopic (exact) mass is 355 g/mol. The van der Waals surface area contributed by atoms with E-state index in [0.29, 0.717) is 10.1 Å². The molecule has 0 saturated heterocycles. The van der Waals surface area contributed by atoms with Gasteiger partial charge in [0.2, 0.25) is 11.0 Å². The summed E-state index contributed by atoms with van der Waals surface area (Å²) in [4.78, 5) is 12.1. The van der Waals surface area contributed by atoms with Gasteiger partial charge in [-0.2, -0.15) is 0 Å². The van der Waals surface area contributed by atoms with Crippen molar-refractivity contribution in [1.82, 2.24) is 10.2 Å². The number of rotatable bonds is 7. The largest absolute Gasteiger partial charge is 0.374 e. The van der Waals surface area contributed by atoms with Crippen LogP contribution in [0.5, 0.6) is 0 Å². The number of ether oxygens (including phenoxy) is 1. The number of anilines is 1. The number of benzene rings is 1. The normalized spacial score (nSPS) is 12.8. The lowest BCUT2D eigenvalue weighted by Crippen LogP contribution is -2.17. The Bertz CT molecular complexity index is 759. The molecule has 0 radical (unpaired) electrons. The SMILES string of the molecule is COC(C)c1nnc(NC(=O)CCS(=O)(=O)c2ccccc2)s1. The highest BCUT2D eigenvalue weighted by atomic mass is 32.2. The molecule has 0 fully saturated rings. The molecule has 9 heteroatoms. The van der Waals surface area contributed by atoms with E-state index < -0.39 is 15.7 Å². The van der Waals surface area contributed by atoms with Crippen molar-refractivity contribution in [3.8, 4) is 0 Å². The minimum absolute atomic E-state index is 0.147. The highest BCUT2D eigenvalue weighted by Gasteiger charge is 2.17. The summed E-state index contributed by atoms with van der Waals surface area (Å²) in [6.45, 7) is 1.82. The molecule has 124 valence electrons. The predicted octanol–water partition coefficient (Wildman–Crippen LogP) is 2.05. The summed E-state index contributed by atoms with van der Waals surface area (Å²) in [7, 11) is -1.92. The van der Waals surface area contributed by atoms with Crippen LogP contribution in [0.25, 0.3) is 0 Å². The number of nitrogens with one attached hydrogen (secondary N) is 1. The van der Waals surface area contributed by atoms with Crippen molar-refractivity contribution >= 4 is 32.2 Å². The van der Waals surface area contributed by atoms with Crippen LogP contribution in [0.2, 0.25) is 0 Å². The molecule has 2 aromatic rings. The molecule has 1 N–H and O–H groups in total. The van der Waals surface area contributed by atoms with Gasteiger partial charge in [-0.25, -0.2) is 8.42 Å². The van der Waals surface area contributed by atoms with E-state index in [2.05, 4.69) is 15.5 Å².